The number of nitrogens with zero attached hydrogens (tertiary/aromatic N) is 1. The zero-order chi connectivity index (χ0) is 15.5. The number of halogens is 1. The van der Waals surface area contributed by atoms with Gasteiger partial charge in [-0.2, -0.15) is 0 Å². The largest absolute Gasteiger partial charge is 0.326 e. The van der Waals surface area contributed by atoms with E-state index in [1.807, 2.05) is 55.5 Å². The molecule has 22 heavy (non-hydrogen) atoms. The molecule has 110 valence electrons. The number of benzene rings is 2. The summed E-state index contributed by atoms with van der Waals surface area (Å²) >= 11 is 3.47. The van der Waals surface area contributed by atoms with Gasteiger partial charge in [0.25, 0.3) is 5.56 Å². The molecule has 0 atom stereocenters. The van der Waals surface area contributed by atoms with E-state index in [1.165, 1.54) is 6.07 Å². The van der Waals surface area contributed by atoms with E-state index in [-0.39, 0.29) is 5.56 Å². The molecule has 4 nitrogen and oxygen atoms in total. The molecule has 3 rings (SSSR count). The molecule has 0 amide bonds. The Labute approximate surface area is 136 Å². The Bertz CT molecular complexity index is 859. The fourth-order valence-electron chi connectivity index (χ4n) is 2.13. The topological polar surface area (TPSA) is 57.8 Å². The van der Waals surface area contributed by atoms with Crippen LogP contribution in [0.15, 0.2) is 63.9 Å². The number of rotatable bonds is 3. The molecule has 3 aromatic rings. The fourth-order valence-corrected chi connectivity index (χ4v) is 2.38. The Morgan fingerprint density at radius 3 is 2.59 bits per heavy atom. The normalized spacial score (nSPS) is 10.5. The molecule has 0 spiro atoms. The smallest absolute Gasteiger partial charge is 0.252 e. The van der Waals surface area contributed by atoms with Gasteiger partial charge in [-0.3, -0.25) is 9.78 Å². The van der Waals surface area contributed by atoms with E-state index in [0.29, 0.717) is 11.6 Å². The van der Waals surface area contributed by atoms with Gasteiger partial charge < -0.3 is 5.32 Å². The van der Waals surface area contributed by atoms with Crippen molar-refractivity contribution < 1.29 is 0 Å². The SMILES string of the molecule is Cc1cc(Nc2nc(-c3ccccc3)cc(=O)[nH]2)ccc1Br. The van der Waals surface area contributed by atoms with E-state index in [2.05, 4.69) is 31.2 Å². The Morgan fingerprint density at radius 2 is 1.86 bits per heavy atom. The minimum atomic E-state index is -0.190. The third-order valence-corrected chi connectivity index (χ3v) is 4.12. The lowest BCUT2D eigenvalue weighted by Gasteiger charge is -2.08. The minimum Gasteiger partial charge on any atom is -0.326 e. The quantitative estimate of drug-likeness (QED) is 0.738. The summed E-state index contributed by atoms with van der Waals surface area (Å²) < 4.78 is 1.04. The molecule has 0 fully saturated rings. The standard InChI is InChI=1S/C17H14BrN3O/c1-11-9-13(7-8-14(11)18)19-17-20-15(10-16(22)21-17)12-5-3-2-4-6-12/h2-10H,1H3,(H2,19,20,21,22). The number of H-pyrrole nitrogens is 1. The first kappa shape index (κ1) is 14.5. The van der Waals surface area contributed by atoms with Crippen LogP contribution in [0.2, 0.25) is 0 Å². The summed E-state index contributed by atoms with van der Waals surface area (Å²) in [5.41, 5.74) is 3.33. The first-order chi connectivity index (χ1) is 10.6. The maximum atomic E-state index is 11.9. The average Bonchev–Trinajstić information content (AvgIpc) is 2.51. The third-order valence-electron chi connectivity index (χ3n) is 3.23. The minimum absolute atomic E-state index is 0.190. The van der Waals surface area contributed by atoms with Crippen LogP contribution in [-0.4, -0.2) is 9.97 Å². The number of aromatic amines is 1. The summed E-state index contributed by atoms with van der Waals surface area (Å²) in [5.74, 6) is 0.424. The van der Waals surface area contributed by atoms with Crippen LogP contribution >= 0.6 is 15.9 Å². The van der Waals surface area contributed by atoms with Crippen molar-refractivity contribution in [3.63, 3.8) is 0 Å². The van der Waals surface area contributed by atoms with Crippen LogP contribution in [0, 0.1) is 6.92 Å². The molecule has 0 aliphatic heterocycles. The van der Waals surface area contributed by atoms with Crippen LogP contribution in [0.5, 0.6) is 0 Å². The van der Waals surface area contributed by atoms with Crippen LogP contribution in [0.25, 0.3) is 11.3 Å². The summed E-state index contributed by atoms with van der Waals surface area (Å²) in [6, 6.07) is 17.0. The predicted molar refractivity (Wildman–Crippen MR) is 92.5 cm³/mol. The number of aryl methyl sites for hydroxylation is 1. The molecule has 1 aromatic heterocycles. The van der Waals surface area contributed by atoms with E-state index in [9.17, 15) is 4.79 Å². The second-order valence-corrected chi connectivity index (χ2v) is 5.79. The molecular weight excluding hydrogens is 342 g/mol. The highest BCUT2D eigenvalue weighted by molar-refractivity contribution is 9.10. The van der Waals surface area contributed by atoms with Crippen molar-refractivity contribution in [2.24, 2.45) is 0 Å². The van der Waals surface area contributed by atoms with Crippen molar-refractivity contribution in [1.82, 2.24) is 9.97 Å². The van der Waals surface area contributed by atoms with E-state index < -0.39 is 0 Å². The summed E-state index contributed by atoms with van der Waals surface area (Å²) in [4.78, 5) is 19.0. The van der Waals surface area contributed by atoms with Crippen LogP contribution in [0.1, 0.15) is 5.56 Å². The Kier molecular flexibility index (Phi) is 4.06. The van der Waals surface area contributed by atoms with E-state index in [4.69, 9.17) is 0 Å². The van der Waals surface area contributed by atoms with Gasteiger partial charge in [0.1, 0.15) is 0 Å². The highest BCUT2D eigenvalue weighted by Crippen LogP contribution is 2.22. The molecule has 5 heteroatoms. The zero-order valence-corrected chi connectivity index (χ0v) is 13.5. The van der Waals surface area contributed by atoms with Crippen LogP contribution in [-0.2, 0) is 0 Å². The highest BCUT2D eigenvalue weighted by atomic mass is 79.9. The van der Waals surface area contributed by atoms with Crippen molar-refractivity contribution in [2.75, 3.05) is 5.32 Å². The van der Waals surface area contributed by atoms with Gasteiger partial charge in [0.2, 0.25) is 5.95 Å². The van der Waals surface area contributed by atoms with Crippen LogP contribution in [0.4, 0.5) is 11.6 Å². The van der Waals surface area contributed by atoms with Gasteiger partial charge in [0, 0.05) is 21.8 Å². The number of hydrogen-bond acceptors (Lipinski definition) is 3. The lowest BCUT2D eigenvalue weighted by molar-refractivity contribution is 1.12. The van der Waals surface area contributed by atoms with Gasteiger partial charge in [0.05, 0.1) is 5.69 Å². The van der Waals surface area contributed by atoms with E-state index in [0.717, 1.165) is 21.3 Å². The van der Waals surface area contributed by atoms with Crippen molar-refractivity contribution in [1.29, 1.82) is 0 Å². The molecule has 0 saturated heterocycles. The van der Waals surface area contributed by atoms with Crippen molar-refractivity contribution in [2.45, 2.75) is 6.92 Å². The molecular formula is C17H14BrN3O. The van der Waals surface area contributed by atoms with Gasteiger partial charge in [-0.25, -0.2) is 4.98 Å². The maximum absolute atomic E-state index is 11.9. The third kappa shape index (κ3) is 3.26. The summed E-state index contributed by atoms with van der Waals surface area (Å²) in [7, 11) is 0. The fraction of sp³-hybridized carbons (Fsp3) is 0.0588. The Balaban J connectivity index is 1.96. The zero-order valence-electron chi connectivity index (χ0n) is 11.9. The van der Waals surface area contributed by atoms with Crippen molar-refractivity contribution in [3.05, 3.63) is 75.0 Å². The first-order valence-electron chi connectivity index (χ1n) is 6.82. The lowest BCUT2D eigenvalue weighted by atomic mass is 10.1. The molecule has 0 aliphatic rings. The van der Waals surface area contributed by atoms with Gasteiger partial charge in [-0.15, -0.1) is 0 Å². The summed E-state index contributed by atoms with van der Waals surface area (Å²) in [6.45, 7) is 2.01. The second kappa shape index (κ2) is 6.15. The second-order valence-electron chi connectivity index (χ2n) is 4.93. The average molecular weight is 356 g/mol. The predicted octanol–water partition coefficient (Wildman–Crippen LogP) is 4.25. The summed E-state index contributed by atoms with van der Waals surface area (Å²) in [6.07, 6.45) is 0. The van der Waals surface area contributed by atoms with Crippen LogP contribution in [0.3, 0.4) is 0 Å². The van der Waals surface area contributed by atoms with Crippen molar-refractivity contribution in [3.8, 4) is 11.3 Å². The lowest BCUT2D eigenvalue weighted by Crippen LogP contribution is -2.10. The Morgan fingerprint density at radius 1 is 1.09 bits per heavy atom. The number of hydrogen-bond donors (Lipinski definition) is 2. The maximum Gasteiger partial charge on any atom is 0.252 e. The Hall–Kier alpha value is -2.40. The van der Waals surface area contributed by atoms with E-state index >= 15 is 0 Å². The molecule has 0 aliphatic carbocycles. The molecule has 0 unspecified atom stereocenters. The molecule has 0 saturated carbocycles. The van der Waals surface area contributed by atoms with Gasteiger partial charge in [0.15, 0.2) is 0 Å². The molecule has 2 aromatic carbocycles. The van der Waals surface area contributed by atoms with Crippen LogP contribution < -0.4 is 10.9 Å². The number of aromatic nitrogens is 2. The van der Waals surface area contributed by atoms with Gasteiger partial charge in [-0.1, -0.05) is 46.3 Å². The monoisotopic (exact) mass is 355 g/mol. The highest BCUT2D eigenvalue weighted by Gasteiger charge is 2.05. The van der Waals surface area contributed by atoms with Gasteiger partial charge in [-0.05, 0) is 30.7 Å². The number of anilines is 2. The van der Waals surface area contributed by atoms with Crippen molar-refractivity contribution >= 4 is 27.6 Å². The molecule has 1 heterocycles. The summed E-state index contributed by atoms with van der Waals surface area (Å²) in [5, 5.41) is 3.14. The molecule has 0 radical (unpaired) electrons. The first-order valence-corrected chi connectivity index (χ1v) is 7.61. The molecule has 2 N–H and O–H groups in total. The van der Waals surface area contributed by atoms with E-state index in [1.54, 1.807) is 0 Å². The molecule has 0 bridgehead atoms. The van der Waals surface area contributed by atoms with Gasteiger partial charge >= 0.3 is 0 Å². The number of nitrogens with one attached hydrogen (secondary N) is 2.